The van der Waals surface area contributed by atoms with E-state index in [2.05, 4.69) is 15.5 Å². The molecule has 8 nitrogen and oxygen atoms in total. The maximum absolute atomic E-state index is 12.8. The quantitative estimate of drug-likeness (QED) is 0.608. The van der Waals surface area contributed by atoms with Crippen LogP contribution in [0, 0.1) is 0 Å². The first-order valence-electron chi connectivity index (χ1n) is 9.03. The lowest BCUT2D eigenvalue weighted by atomic mass is 10.1. The Bertz CT molecular complexity index is 1180. The number of rotatable bonds is 5. The van der Waals surface area contributed by atoms with Gasteiger partial charge in [0.2, 0.25) is 11.8 Å². The van der Waals surface area contributed by atoms with Crippen molar-refractivity contribution in [3.8, 4) is 11.5 Å². The molecule has 1 atom stereocenters. The van der Waals surface area contributed by atoms with Gasteiger partial charge in [-0.05, 0) is 48.6 Å². The number of carbonyl (C=O) groups excluding carboxylic acids is 1. The van der Waals surface area contributed by atoms with Gasteiger partial charge in [0.15, 0.2) is 0 Å². The first-order valence-corrected chi connectivity index (χ1v) is 11.4. The molecule has 1 amide bonds. The van der Waals surface area contributed by atoms with Crippen molar-refractivity contribution < 1.29 is 30.8 Å². The minimum absolute atomic E-state index is 0.0847. The van der Waals surface area contributed by atoms with Crippen molar-refractivity contribution in [1.82, 2.24) is 14.5 Å². The lowest BCUT2D eigenvalue weighted by Gasteiger charge is -2.21. The summed E-state index contributed by atoms with van der Waals surface area (Å²) in [5.74, 6) is -0.709. The van der Waals surface area contributed by atoms with Crippen LogP contribution in [0.15, 0.2) is 50.4 Å². The predicted octanol–water partition coefficient (Wildman–Crippen LogP) is 3.61. The molecule has 164 valence electrons. The summed E-state index contributed by atoms with van der Waals surface area (Å²) >= 11 is 1.07. The summed E-state index contributed by atoms with van der Waals surface area (Å²) < 4.78 is 70.2. The Kier molecular flexibility index (Phi) is 5.58. The summed E-state index contributed by atoms with van der Waals surface area (Å²) in [4.78, 5) is 12.7. The topological polar surface area (TPSA) is 105 Å². The van der Waals surface area contributed by atoms with Crippen LogP contribution in [0.5, 0.6) is 0 Å². The van der Waals surface area contributed by atoms with Crippen LogP contribution in [0.1, 0.15) is 18.4 Å². The second-order valence-electron chi connectivity index (χ2n) is 6.68. The molecule has 0 aliphatic carbocycles. The Morgan fingerprint density at radius 3 is 2.58 bits per heavy atom. The highest BCUT2D eigenvalue weighted by Gasteiger charge is 2.40. The van der Waals surface area contributed by atoms with E-state index in [9.17, 15) is 26.4 Å². The fourth-order valence-corrected chi connectivity index (χ4v) is 5.97. The van der Waals surface area contributed by atoms with Gasteiger partial charge in [-0.15, -0.1) is 16.4 Å². The van der Waals surface area contributed by atoms with Crippen LogP contribution in [0.2, 0.25) is 0 Å². The number of hydrogen-bond acceptors (Lipinski definition) is 7. The first kappa shape index (κ1) is 21.5. The number of amides is 1. The molecule has 0 radical (unpaired) electrons. The van der Waals surface area contributed by atoms with Crippen LogP contribution in [-0.4, -0.2) is 41.4 Å². The van der Waals surface area contributed by atoms with Gasteiger partial charge in [-0.3, -0.25) is 10.1 Å². The van der Waals surface area contributed by atoms with E-state index in [1.165, 1.54) is 18.2 Å². The minimum atomic E-state index is -4.47. The highest BCUT2D eigenvalue weighted by Crippen LogP contribution is 2.32. The van der Waals surface area contributed by atoms with Crippen molar-refractivity contribution in [1.29, 1.82) is 0 Å². The van der Waals surface area contributed by atoms with Gasteiger partial charge in [0.25, 0.3) is 10.0 Å². The molecule has 1 fully saturated rings. The molecule has 1 N–H and O–H groups in total. The largest absolute Gasteiger partial charge is 0.416 e. The predicted molar refractivity (Wildman–Crippen MR) is 105 cm³/mol. The number of halogens is 3. The average Bonchev–Trinajstić information content (AvgIpc) is 3.48. The summed E-state index contributed by atoms with van der Waals surface area (Å²) in [6.45, 7) is 0.207. The zero-order chi connectivity index (χ0) is 22.2. The number of nitrogens with one attached hydrogen (secondary N) is 1. The standard InChI is InChI=1S/C18H15F3N4O4S2/c19-18(20,21)12-7-5-11(6-8-12)16-23-24-17(29-16)22-15(26)13-3-1-9-25(13)31(27,28)14-4-2-10-30-14/h2,4-8,10,13H,1,3,9H2,(H,22,24,26). The second-order valence-corrected chi connectivity index (χ2v) is 9.75. The molecule has 2 aromatic heterocycles. The zero-order valence-corrected chi connectivity index (χ0v) is 17.3. The Hall–Kier alpha value is -2.77. The molecule has 3 aromatic rings. The summed E-state index contributed by atoms with van der Waals surface area (Å²) in [6.07, 6.45) is -3.62. The third-order valence-electron chi connectivity index (χ3n) is 4.68. The van der Waals surface area contributed by atoms with Gasteiger partial charge in [-0.1, -0.05) is 11.2 Å². The van der Waals surface area contributed by atoms with Crippen molar-refractivity contribution in [2.45, 2.75) is 29.3 Å². The highest BCUT2D eigenvalue weighted by atomic mass is 32.2. The fourth-order valence-electron chi connectivity index (χ4n) is 3.20. The number of hydrogen-bond donors (Lipinski definition) is 1. The van der Waals surface area contributed by atoms with Gasteiger partial charge in [0, 0.05) is 12.1 Å². The van der Waals surface area contributed by atoms with E-state index in [0.717, 1.165) is 27.8 Å². The van der Waals surface area contributed by atoms with Crippen molar-refractivity contribution in [2.24, 2.45) is 0 Å². The fraction of sp³-hybridized carbons (Fsp3) is 0.278. The summed E-state index contributed by atoms with van der Waals surface area (Å²) in [7, 11) is -3.80. The molecule has 1 aromatic carbocycles. The summed E-state index contributed by atoms with van der Waals surface area (Å²) in [6, 6.07) is 5.98. The number of anilines is 1. The number of aromatic nitrogens is 2. The molecule has 13 heteroatoms. The number of benzene rings is 1. The summed E-state index contributed by atoms with van der Waals surface area (Å²) in [5, 5.41) is 11.4. The SMILES string of the molecule is O=C(Nc1nnc(-c2ccc(C(F)(F)F)cc2)o1)C1CCCN1S(=O)(=O)c1cccs1. The van der Waals surface area contributed by atoms with E-state index >= 15 is 0 Å². The molecule has 0 saturated carbocycles. The molecule has 4 rings (SSSR count). The van der Waals surface area contributed by atoms with E-state index in [0.29, 0.717) is 12.8 Å². The Labute approximate surface area is 178 Å². The number of thiophene rings is 1. The number of alkyl halides is 3. The Morgan fingerprint density at radius 1 is 1.19 bits per heavy atom. The number of carbonyl (C=O) groups is 1. The van der Waals surface area contributed by atoms with Gasteiger partial charge >= 0.3 is 12.2 Å². The van der Waals surface area contributed by atoms with Crippen LogP contribution in [0.4, 0.5) is 19.2 Å². The van der Waals surface area contributed by atoms with Crippen molar-refractivity contribution in [3.63, 3.8) is 0 Å². The monoisotopic (exact) mass is 472 g/mol. The van der Waals surface area contributed by atoms with Crippen molar-refractivity contribution in [2.75, 3.05) is 11.9 Å². The third kappa shape index (κ3) is 4.34. The molecule has 1 unspecified atom stereocenters. The third-order valence-corrected chi connectivity index (χ3v) is 7.96. The molecule has 0 bridgehead atoms. The molecule has 3 heterocycles. The first-order chi connectivity index (χ1) is 14.7. The van der Waals surface area contributed by atoms with E-state index in [-0.39, 0.29) is 28.2 Å². The maximum atomic E-state index is 12.8. The van der Waals surface area contributed by atoms with Crippen LogP contribution < -0.4 is 5.32 Å². The van der Waals surface area contributed by atoms with Gasteiger partial charge in [-0.25, -0.2) is 8.42 Å². The Balaban J connectivity index is 1.48. The molecule has 1 aliphatic rings. The van der Waals surface area contributed by atoms with Crippen LogP contribution in [0.25, 0.3) is 11.5 Å². The van der Waals surface area contributed by atoms with Crippen molar-refractivity contribution >= 4 is 33.3 Å². The second kappa shape index (κ2) is 8.05. The van der Waals surface area contributed by atoms with Gasteiger partial charge < -0.3 is 4.42 Å². The zero-order valence-electron chi connectivity index (χ0n) is 15.7. The van der Waals surface area contributed by atoms with Gasteiger partial charge in [0.05, 0.1) is 5.56 Å². The number of nitrogens with zero attached hydrogens (tertiary/aromatic N) is 3. The number of sulfonamides is 1. The normalized spacial score (nSPS) is 17.7. The maximum Gasteiger partial charge on any atom is 0.416 e. The molecule has 1 saturated heterocycles. The summed E-state index contributed by atoms with van der Waals surface area (Å²) in [5.41, 5.74) is -0.582. The van der Waals surface area contributed by atoms with E-state index in [1.54, 1.807) is 11.4 Å². The molecule has 0 spiro atoms. The van der Waals surface area contributed by atoms with E-state index < -0.39 is 33.7 Å². The lowest BCUT2D eigenvalue weighted by molar-refractivity contribution is -0.137. The van der Waals surface area contributed by atoms with Crippen LogP contribution >= 0.6 is 11.3 Å². The molecular formula is C18H15F3N4O4S2. The van der Waals surface area contributed by atoms with Crippen LogP contribution in [0.3, 0.4) is 0 Å². The van der Waals surface area contributed by atoms with Gasteiger partial charge in [0.1, 0.15) is 10.3 Å². The van der Waals surface area contributed by atoms with Gasteiger partial charge in [-0.2, -0.15) is 17.5 Å². The molecule has 31 heavy (non-hydrogen) atoms. The van der Waals surface area contributed by atoms with Crippen molar-refractivity contribution in [3.05, 3.63) is 47.3 Å². The lowest BCUT2D eigenvalue weighted by Crippen LogP contribution is -2.42. The highest BCUT2D eigenvalue weighted by molar-refractivity contribution is 7.91. The van der Waals surface area contributed by atoms with E-state index in [4.69, 9.17) is 4.42 Å². The smallest absolute Gasteiger partial charge is 0.403 e. The average molecular weight is 472 g/mol. The van der Waals surface area contributed by atoms with E-state index in [1.807, 2.05) is 0 Å². The Morgan fingerprint density at radius 2 is 1.94 bits per heavy atom. The minimum Gasteiger partial charge on any atom is -0.403 e. The molecular weight excluding hydrogens is 457 g/mol. The van der Waals surface area contributed by atoms with Crippen LogP contribution in [-0.2, 0) is 21.0 Å². The molecule has 1 aliphatic heterocycles.